The summed E-state index contributed by atoms with van der Waals surface area (Å²) in [5.41, 5.74) is 9.14. The average molecular weight is 715 g/mol. The highest BCUT2D eigenvalue weighted by Crippen LogP contribution is 2.51. The number of hydrazone groups is 2. The summed E-state index contributed by atoms with van der Waals surface area (Å²) in [6, 6.07) is 22.8. The Morgan fingerprint density at radius 3 is 2.27 bits per heavy atom. The van der Waals surface area contributed by atoms with Crippen LogP contribution in [-0.2, 0) is 25.7 Å². The van der Waals surface area contributed by atoms with Crippen LogP contribution in [0.1, 0.15) is 22.8 Å². The van der Waals surface area contributed by atoms with Crippen molar-refractivity contribution < 1.29 is 38.2 Å². The molecule has 3 aromatic rings. The first kappa shape index (κ1) is 34.8. The van der Waals surface area contributed by atoms with E-state index in [4.69, 9.17) is 19.9 Å². The van der Waals surface area contributed by atoms with Crippen LogP contribution in [0.15, 0.2) is 95.1 Å². The summed E-state index contributed by atoms with van der Waals surface area (Å²) in [4.78, 5) is 66.5. The number of hydrogen-bond acceptors (Lipinski definition) is 11. The molecule has 51 heavy (non-hydrogen) atoms. The zero-order valence-electron chi connectivity index (χ0n) is 27.3. The van der Waals surface area contributed by atoms with Crippen LogP contribution in [0.3, 0.4) is 0 Å². The Bertz CT molecular complexity index is 1790. The molecule has 0 aliphatic carbocycles. The number of nitrogens with one attached hydrogen (secondary N) is 2. The molecular formula is C34H34N8O8S. The molecule has 3 heterocycles. The molecule has 3 atom stereocenters. The fourth-order valence-corrected chi connectivity index (χ4v) is 7.51. The molecular weight excluding hydrogens is 680 g/mol. The Hall–Kier alpha value is -6.10. The molecule has 3 aromatic carbocycles. The Morgan fingerprint density at radius 2 is 1.65 bits per heavy atom. The van der Waals surface area contributed by atoms with E-state index in [1.807, 2.05) is 66.1 Å². The van der Waals surface area contributed by atoms with Gasteiger partial charge in [0.25, 0.3) is 0 Å². The summed E-state index contributed by atoms with van der Waals surface area (Å²) in [5, 5.41) is 10.7. The lowest BCUT2D eigenvalue weighted by molar-refractivity contribution is -0.157. The number of fused-ring (bicyclic) bond motifs is 1. The van der Waals surface area contributed by atoms with E-state index in [-0.39, 0.29) is 26.2 Å². The molecule has 0 saturated carbocycles. The molecule has 6 amide bonds. The molecule has 17 heteroatoms. The second-order valence-electron chi connectivity index (χ2n) is 11.5. The SMILES string of the molecule is COc1ccc(COC(=O)N[C@@H]2C(=O)N3C[C@@](C(=O)OC(c4ccccc4)c4ccccc4)(N4CCN(N=CC=NNC(N)=O)C4=O)S[C@H]23)cc1. The van der Waals surface area contributed by atoms with Crippen molar-refractivity contribution in [1.29, 1.82) is 0 Å². The quantitative estimate of drug-likeness (QED) is 0.109. The smallest absolute Gasteiger partial charge is 0.408 e. The number of β-lactam (4-membered cyclic amide) rings is 1. The molecule has 3 fully saturated rings. The number of urea groups is 2. The average Bonchev–Trinajstić information content (AvgIpc) is 3.71. The molecule has 6 rings (SSSR count). The van der Waals surface area contributed by atoms with Gasteiger partial charge >= 0.3 is 24.1 Å². The topological polar surface area (TPSA) is 198 Å². The highest BCUT2D eigenvalue weighted by Gasteiger charge is 2.67. The summed E-state index contributed by atoms with van der Waals surface area (Å²) < 4.78 is 16.8. The first-order chi connectivity index (χ1) is 24.7. The van der Waals surface area contributed by atoms with Gasteiger partial charge in [-0.15, -0.1) is 0 Å². The fourth-order valence-electron chi connectivity index (χ4n) is 5.83. The van der Waals surface area contributed by atoms with Crippen molar-refractivity contribution in [3.05, 3.63) is 102 Å². The number of alkyl carbamates (subject to hydrolysis) is 1. The summed E-state index contributed by atoms with van der Waals surface area (Å²) in [5.74, 6) is -0.536. The lowest BCUT2D eigenvalue weighted by Crippen LogP contribution is -2.67. The van der Waals surface area contributed by atoms with E-state index in [0.717, 1.165) is 23.0 Å². The maximum atomic E-state index is 14.6. The van der Waals surface area contributed by atoms with Crippen molar-refractivity contribution in [2.45, 2.75) is 29.0 Å². The normalized spacial score (nSPS) is 21.2. The van der Waals surface area contributed by atoms with Crippen LogP contribution in [0.5, 0.6) is 5.75 Å². The molecule has 0 unspecified atom stereocenters. The van der Waals surface area contributed by atoms with E-state index in [2.05, 4.69) is 15.5 Å². The number of ether oxygens (including phenoxy) is 3. The third-order valence-electron chi connectivity index (χ3n) is 8.34. The van der Waals surface area contributed by atoms with E-state index in [0.29, 0.717) is 22.4 Å². The predicted molar refractivity (Wildman–Crippen MR) is 185 cm³/mol. The van der Waals surface area contributed by atoms with Gasteiger partial charge in [-0.05, 0) is 28.8 Å². The molecule has 0 spiro atoms. The first-order valence-corrected chi connectivity index (χ1v) is 16.6. The molecule has 4 N–H and O–H groups in total. The van der Waals surface area contributed by atoms with Crippen LogP contribution in [0.2, 0.25) is 0 Å². The fraction of sp³-hybridized carbons (Fsp3) is 0.265. The van der Waals surface area contributed by atoms with Gasteiger partial charge in [0.1, 0.15) is 23.8 Å². The number of benzene rings is 3. The number of carbonyl (C=O) groups excluding carboxylic acids is 5. The van der Waals surface area contributed by atoms with E-state index in [1.54, 1.807) is 31.4 Å². The van der Waals surface area contributed by atoms with Gasteiger partial charge in [0, 0.05) is 6.54 Å². The van der Waals surface area contributed by atoms with Gasteiger partial charge in [-0.25, -0.2) is 29.6 Å². The third kappa shape index (κ3) is 7.42. The predicted octanol–water partition coefficient (Wildman–Crippen LogP) is 2.61. The highest BCUT2D eigenvalue weighted by atomic mass is 32.2. The van der Waals surface area contributed by atoms with E-state index in [1.165, 1.54) is 16.0 Å². The lowest BCUT2D eigenvalue weighted by Gasteiger charge is -2.40. The molecule has 264 valence electrons. The van der Waals surface area contributed by atoms with Crippen LogP contribution >= 0.6 is 11.8 Å². The minimum atomic E-state index is -1.70. The Labute approximate surface area is 296 Å². The number of amides is 6. The van der Waals surface area contributed by atoms with Crippen LogP contribution in [0.4, 0.5) is 14.4 Å². The van der Waals surface area contributed by atoms with Crippen LogP contribution < -0.4 is 21.2 Å². The summed E-state index contributed by atoms with van der Waals surface area (Å²) in [7, 11) is 1.55. The number of rotatable bonds is 12. The van der Waals surface area contributed by atoms with Gasteiger partial charge in [0.05, 0.1) is 32.6 Å². The van der Waals surface area contributed by atoms with E-state index in [9.17, 15) is 24.0 Å². The van der Waals surface area contributed by atoms with Crippen LogP contribution in [-0.4, -0.2) is 100 Å². The second kappa shape index (κ2) is 15.2. The Morgan fingerprint density at radius 1 is 0.980 bits per heavy atom. The second-order valence-corrected chi connectivity index (χ2v) is 12.9. The number of nitrogens with two attached hydrogens (primary N) is 1. The van der Waals surface area contributed by atoms with Crippen molar-refractivity contribution in [3.8, 4) is 5.75 Å². The van der Waals surface area contributed by atoms with Crippen molar-refractivity contribution in [2.24, 2.45) is 15.9 Å². The molecule has 0 aromatic heterocycles. The monoisotopic (exact) mass is 714 g/mol. The van der Waals surface area contributed by atoms with Crippen molar-refractivity contribution in [1.82, 2.24) is 25.6 Å². The Kier molecular flexibility index (Phi) is 10.4. The van der Waals surface area contributed by atoms with Gasteiger partial charge < -0.3 is 30.2 Å². The number of esters is 1. The van der Waals surface area contributed by atoms with Crippen molar-refractivity contribution in [3.63, 3.8) is 0 Å². The number of carbonyl (C=O) groups is 5. The minimum Gasteiger partial charge on any atom is -0.497 e. The largest absolute Gasteiger partial charge is 0.497 e. The Balaban J connectivity index is 1.23. The number of thioether (sulfide) groups is 1. The van der Waals surface area contributed by atoms with Gasteiger partial charge in [-0.3, -0.25) is 9.69 Å². The maximum absolute atomic E-state index is 14.6. The zero-order valence-corrected chi connectivity index (χ0v) is 28.1. The van der Waals surface area contributed by atoms with Gasteiger partial charge in [0.15, 0.2) is 6.10 Å². The van der Waals surface area contributed by atoms with Gasteiger partial charge in [0.2, 0.25) is 10.8 Å². The van der Waals surface area contributed by atoms with E-state index >= 15 is 0 Å². The highest BCUT2D eigenvalue weighted by molar-refractivity contribution is 8.02. The summed E-state index contributed by atoms with van der Waals surface area (Å²) in [6.45, 7) is -0.0761. The molecule has 0 radical (unpaired) electrons. The van der Waals surface area contributed by atoms with Crippen LogP contribution in [0, 0.1) is 0 Å². The molecule has 3 saturated heterocycles. The minimum absolute atomic E-state index is 0.0448. The van der Waals surface area contributed by atoms with E-state index < -0.39 is 52.4 Å². The van der Waals surface area contributed by atoms with Gasteiger partial charge in [-0.2, -0.15) is 10.2 Å². The maximum Gasteiger partial charge on any atom is 0.408 e. The molecule has 16 nitrogen and oxygen atoms in total. The molecule has 3 aliphatic heterocycles. The third-order valence-corrected chi connectivity index (χ3v) is 10.0. The number of nitrogens with zero attached hydrogens (tertiary/aromatic N) is 5. The van der Waals surface area contributed by atoms with Crippen molar-refractivity contribution in [2.75, 3.05) is 26.7 Å². The number of methoxy groups -OCH3 is 1. The van der Waals surface area contributed by atoms with Crippen molar-refractivity contribution >= 4 is 54.2 Å². The van der Waals surface area contributed by atoms with Crippen LogP contribution in [0.25, 0.3) is 0 Å². The lowest BCUT2D eigenvalue weighted by atomic mass is 10.0. The first-order valence-electron chi connectivity index (χ1n) is 15.8. The molecule has 0 bridgehead atoms. The number of hydrogen-bond donors (Lipinski definition) is 3. The summed E-state index contributed by atoms with van der Waals surface area (Å²) in [6.07, 6.45) is 0.666. The van der Waals surface area contributed by atoms with Gasteiger partial charge in [-0.1, -0.05) is 84.6 Å². The number of primary amides is 1. The molecule has 3 aliphatic rings. The zero-order chi connectivity index (χ0) is 36.0. The summed E-state index contributed by atoms with van der Waals surface area (Å²) >= 11 is 1.04. The standard InChI is InChI=1S/C34H34N8O8S/c1-48-25-14-12-22(13-15-25)20-49-32(46)38-26-28(43)40-21-34(51-29(26)40,41-18-19-42(33(41)47)37-17-16-36-39-31(35)45)30(44)50-27(23-8-4-2-5-9-23)24-10-6-3-7-11-24/h2-17,26-27,29H,18-21H2,1H3,(H,38,46)(H3,35,39,45)/t26-,29-,34-/m1/s1.